The highest BCUT2D eigenvalue weighted by Gasteiger charge is 2.29. The number of aliphatic hydroxyl groups is 1. The van der Waals surface area contributed by atoms with E-state index in [4.69, 9.17) is 9.84 Å². The molecule has 0 aliphatic heterocycles. The van der Waals surface area contributed by atoms with Crippen molar-refractivity contribution in [2.75, 3.05) is 18.5 Å². The summed E-state index contributed by atoms with van der Waals surface area (Å²) in [4.78, 5) is 25.2. The summed E-state index contributed by atoms with van der Waals surface area (Å²) in [5.74, 6) is 0.284. The Hall–Kier alpha value is -3.78. The summed E-state index contributed by atoms with van der Waals surface area (Å²) >= 11 is 0. The average molecular weight is 415 g/mol. The summed E-state index contributed by atoms with van der Waals surface area (Å²) < 4.78 is 7.40. The number of aromatic nitrogens is 4. The van der Waals surface area contributed by atoms with Crippen molar-refractivity contribution < 1.29 is 14.6 Å². The molecular formula is C23H21N5O3. The highest BCUT2D eigenvalue weighted by atomic mass is 16.5. The smallest absolute Gasteiger partial charge is 0.412 e. The van der Waals surface area contributed by atoms with Crippen molar-refractivity contribution in [1.29, 1.82) is 0 Å². The van der Waals surface area contributed by atoms with Crippen LogP contribution in [0.25, 0.3) is 22.3 Å². The largest absolute Gasteiger partial charge is 0.448 e. The van der Waals surface area contributed by atoms with E-state index in [0.717, 1.165) is 11.1 Å². The van der Waals surface area contributed by atoms with Crippen LogP contribution < -0.4 is 5.32 Å². The quantitative estimate of drug-likeness (QED) is 0.499. The number of aliphatic hydroxyl groups excluding tert-OH is 1. The Balaban J connectivity index is 1.32. The van der Waals surface area contributed by atoms with Gasteiger partial charge in [0.2, 0.25) is 0 Å². The first kappa shape index (κ1) is 19.2. The van der Waals surface area contributed by atoms with Crippen LogP contribution in [0.3, 0.4) is 0 Å². The molecule has 2 aromatic carbocycles. The maximum atomic E-state index is 12.6. The molecule has 8 nitrogen and oxygen atoms in total. The number of hydrogen-bond acceptors (Lipinski definition) is 6. The van der Waals surface area contributed by atoms with Crippen LogP contribution in [-0.2, 0) is 11.3 Å². The minimum Gasteiger partial charge on any atom is -0.448 e. The first-order chi connectivity index (χ1) is 15.3. The predicted octanol–water partition coefficient (Wildman–Crippen LogP) is 3.57. The molecule has 1 aliphatic rings. The molecule has 1 aliphatic carbocycles. The molecule has 0 bridgehead atoms. The topological polar surface area (TPSA) is 102 Å². The Morgan fingerprint density at radius 2 is 1.74 bits per heavy atom. The van der Waals surface area contributed by atoms with Crippen LogP contribution in [0.4, 0.5) is 10.6 Å². The fraction of sp³-hybridized carbons (Fsp3) is 0.217. The molecule has 4 aromatic rings. The van der Waals surface area contributed by atoms with E-state index in [2.05, 4.69) is 44.5 Å². The Bertz CT molecular complexity index is 1210. The molecule has 5 rings (SSSR count). The lowest BCUT2D eigenvalue weighted by Gasteiger charge is -2.14. The van der Waals surface area contributed by atoms with Gasteiger partial charge in [-0.05, 0) is 28.7 Å². The van der Waals surface area contributed by atoms with Crippen molar-refractivity contribution in [3.05, 3.63) is 72.3 Å². The van der Waals surface area contributed by atoms with Gasteiger partial charge >= 0.3 is 6.09 Å². The second-order valence-corrected chi connectivity index (χ2v) is 7.36. The van der Waals surface area contributed by atoms with Crippen LogP contribution in [-0.4, -0.2) is 43.9 Å². The minimum absolute atomic E-state index is 0.0127. The van der Waals surface area contributed by atoms with E-state index in [1.54, 1.807) is 6.33 Å². The number of carbonyl (C=O) groups excluding carboxylic acids is 1. The number of imidazole rings is 1. The van der Waals surface area contributed by atoms with E-state index in [1.807, 2.05) is 28.8 Å². The van der Waals surface area contributed by atoms with Crippen molar-refractivity contribution in [2.45, 2.75) is 18.9 Å². The van der Waals surface area contributed by atoms with Crippen LogP contribution in [0.15, 0.2) is 61.2 Å². The van der Waals surface area contributed by atoms with Crippen LogP contribution in [0.1, 0.15) is 23.5 Å². The van der Waals surface area contributed by atoms with Crippen LogP contribution >= 0.6 is 0 Å². The summed E-state index contributed by atoms with van der Waals surface area (Å²) in [6.07, 6.45) is 2.99. The van der Waals surface area contributed by atoms with E-state index >= 15 is 0 Å². The molecule has 0 fully saturated rings. The van der Waals surface area contributed by atoms with Crippen molar-refractivity contribution in [1.82, 2.24) is 19.5 Å². The number of rotatable bonds is 6. The zero-order chi connectivity index (χ0) is 21.2. The number of amides is 1. The molecule has 2 aromatic heterocycles. The number of benzene rings is 2. The average Bonchev–Trinajstić information content (AvgIpc) is 3.36. The number of anilines is 1. The maximum absolute atomic E-state index is 12.6. The number of hydrogen-bond donors (Lipinski definition) is 2. The normalized spacial score (nSPS) is 12.5. The van der Waals surface area contributed by atoms with Gasteiger partial charge in [-0.3, -0.25) is 5.32 Å². The molecule has 0 unspecified atom stereocenters. The second-order valence-electron chi connectivity index (χ2n) is 7.36. The highest BCUT2D eigenvalue weighted by molar-refractivity contribution is 5.93. The summed E-state index contributed by atoms with van der Waals surface area (Å²) in [5.41, 5.74) is 5.74. The van der Waals surface area contributed by atoms with Crippen molar-refractivity contribution in [3.63, 3.8) is 0 Å². The fourth-order valence-corrected chi connectivity index (χ4v) is 4.11. The van der Waals surface area contributed by atoms with Crippen LogP contribution in [0.5, 0.6) is 0 Å². The lowest BCUT2D eigenvalue weighted by molar-refractivity contribution is 0.158. The lowest BCUT2D eigenvalue weighted by atomic mass is 9.98. The van der Waals surface area contributed by atoms with Gasteiger partial charge in [-0.15, -0.1) is 0 Å². The van der Waals surface area contributed by atoms with Crippen molar-refractivity contribution >= 4 is 23.1 Å². The molecule has 156 valence electrons. The zero-order valence-electron chi connectivity index (χ0n) is 16.7. The third-order valence-electron chi connectivity index (χ3n) is 5.52. The van der Waals surface area contributed by atoms with Crippen molar-refractivity contribution in [3.8, 4) is 11.1 Å². The van der Waals surface area contributed by atoms with Gasteiger partial charge in [0, 0.05) is 19.1 Å². The van der Waals surface area contributed by atoms with Crippen LogP contribution in [0.2, 0.25) is 0 Å². The molecule has 1 amide bonds. The van der Waals surface area contributed by atoms with E-state index < -0.39 is 6.09 Å². The van der Waals surface area contributed by atoms with Crippen molar-refractivity contribution in [2.24, 2.45) is 0 Å². The number of nitrogens with one attached hydrogen (secondary N) is 1. The Morgan fingerprint density at radius 3 is 2.45 bits per heavy atom. The summed E-state index contributed by atoms with van der Waals surface area (Å²) in [7, 11) is 0. The number of nitrogens with zero attached hydrogens (tertiary/aromatic N) is 4. The molecular weight excluding hydrogens is 394 g/mol. The molecule has 0 atom stereocenters. The first-order valence-electron chi connectivity index (χ1n) is 10.1. The van der Waals surface area contributed by atoms with E-state index in [1.165, 1.54) is 17.5 Å². The summed E-state index contributed by atoms with van der Waals surface area (Å²) in [5, 5.41) is 11.7. The first-order valence-corrected chi connectivity index (χ1v) is 10.1. The number of ether oxygens (including phenoxy) is 1. The van der Waals surface area contributed by atoms with E-state index in [-0.39, 0.29) is 19.1 Å². The zero-order valence-corrected chi connectivity index (χ0v) is 16.7. The van der Waals surface area contributed by atoms with Gasteiger partial charge in [0.05, 0.1) is 6.33 Å². The Labute approximate surface area is 178 Å². The van der Waals surface area contributed by atoms with E-state index in [9.17, 15) is 4.79 Å². The molecule has 2 N–H and O–H groups in total. The number of carbonyl (C=O) groups is 1. The number of fused-ring (bicyclic) bond motifs is 4. The SMILES string of the molecule is O=C(Nc1ncnc2c1ncn2CCCO)OCC1c2ccccc2-c2ccccc21. The molecule has 8 heteroatoms. The van der Waals surface area contributed by atoms with Gasteiger partial charge in [0.25, 0.3) is 0 Å². The lowest BCUT2D eigenvalue weighted by Crippen LogP contribution is -2.18. The second kappa shape index (κ2) is 8.16. The standard InChI is InChI=1S/C23H21N5O3/c29-11-5-10-28-14-26-20-21(24-13-25-22(20)28)27-23(30)31-12-19-17-8-3-1-6-15(17)16-7-2-4-9-18(16)19/h1-4,6-9,13-14,19,29H,5,10-12H2,(H,24,25,27,30). The summed E-state index contributed by atoms with van der Waals surface area (Å²) in [6, 6.07) is 16.4. The molecule has 31 heavy (non-hydrogen) atoms. The molecule has 0 spiro atoms. The Kier molecular flexibility index (Phi) is 5.05. The highest BCUT2D eigenvalue weighted by Crippen LogP contribution is 2.44. The maximum Gasteiger partial charge on any atom is 0.412 e. The Morgan fingerprint density at radius 1 is 1.03 bits per heavy atom. The monoisotopic (exact) mass is 415 g/mol. The van der Waals surface area contributed by atoms with Gasteiger partial charge in [-0.25, -0.2) is 19.7 Å². The minimum atomic E-state index is -0.591. The molecule has 0 radical (unpaired) electrons. The van der Waals surface area contributed by atoms with E-state index in [0.29, 0.717) is 29.9 Å². The van der Waals surface area contributed by atoms with Gasteiger partial charge < -0.3 is 14.4 Å². The predicted molar refractivity (Wildman–Crippen MR) is 116 cm³/mol. The number of aryl methyl sites for hydroxylation is 1. The van der Waals surface area contributed by atoms with Gasteiger partial charge in [0.1, 0.15) is 12.9 Å². The molecule has 2 heterocycles. The summed E-state index contributed by atoms with van der Waals surface area (Å²) in [6.45, 7) is 0.878. The molecule has 0 saturated heterocycles. The van der Waals surface area contributed by atoms with Crippen LogP contribution in [0, 0.1) is 0 Å². The molecule has 0 saturated carbocycles. The van der Waals surface area contributed by atoms with Gasteiger partial charge in [-0.1, -0.05) is 48.5 Å². The third kappa shape index (κ3) is 3.51. The van der Waals surface area contributed by atoms with Gasteiger partial charge in [0.15, 0.2) is 17.0 Å². The third-order valence-corrected chi connectivity index (χ3v) is 5.52. The van der Waals surface area contributed by atoms with Gasteiger partial charge in [-0.2, -0.15) is 0 Å². The fourth-order valence-electron chi connectivity index (χ4n) is 4.11.